The lowest BCUT2D eigenvalue weighted by Gasteiger charge is -2.23. The van der Waals surface area contributed by atoms with E-state index in [4.69, 9.17) is 4.74 Å². The average molecular weight is 237 g/mol. The minimum Gasteiger partial charge on any atom is -0.478 e. The van der Waals surface area contributed by atoms with Gasteiger partial charge in [0.25, 0.3) is 5.69 Å². The molecule has 2 rings (SSSR count). The van der Waals surface area contributed by atoms with Crippen molar-refractivity contribution in [1.82, 2.24) is 0 Å². The summed E-state index contributed by atoms with van der Waals surface area (Å²) in [6.45, 7) is 2.91. The van der Waals surface area contributed by atoms with E-state index in [1.807, 2.05) is 0 Å². The van der Waals surface area contributed by atoms with Gasteiger partial charge in [-0.2, -0.15) is 0 Å². The molecular weight excluding hydrogens is 226 g/mol. The highest BCUT2D eigenvalue weighted by molar-refractivity contribution is 6.05. The van der Waals surface area contributed by atoms with Gasteiger partial charge in [0.1, 0.15) is 11.4 Å². The van der Waals surface area contributed by atoms with Crippen LogP contribution in [0.25, 0.3) is 0 Å². The zero-order valence-corrected chi connectivity index (χ0v) is 9.34. The van der Waals surface area contributed by atoms with Crippen molar-refractivity contribution in [3.05, 3.63) is 33.9 Å². The van der Waals surface area contributed by atoms with Gasteiger partial charge in [0.2, 0.25) is 5.78 Å². The number of nitro groups is 1. The van der Waals surface area contributed by atoms with Crippen LogP contribution in [0.15, 0.2) is 18.2 Å². The van der Waals surface area contributed by atoms with Crippen LogP contribution in [-0.4, -0.2) is 27.5 Å². The van der Waals surface area contributed by atoms with Crippen LogP contribution in [0, 0.1) is 10.1 Å². The molecule has 1 unspecified atom stereocenters. The van der Waals surface area contributed by atoms with E-state index in [1.54, 1.807) is 0 Å². The Morgan fingerprint density at radius 3 is 2.65 bits per heavy atom. The molecule has 0 fully saturated rings. The van der Waals surface area contributed by atoms with Crippen molar-refractivity contribution in [2.75, 3.05) is 0 Å². The summed E-state index contributed by atoms with van der Waals surface area (Å²) in [6.07, 6.45) is -1.01. The van der Waals surface area contributed by atoms with Crippen LogP contribution in [0.5, 0.6) is 5.75 Å². The minimum absolute atomic E-state index is 0.145. The molecule has 1 atom stereocenters. The highest BCUT2D eigenvalue weighted by atomic mass is 16.6. The highest BCUT2D eigenvalue weighted by Gasteiger charge is 2.42. The van der Waals surface area contributed by atoms with Gasteiger partial charge in [-0.1, -0.05) is 0 Å². The molecule has 0 saturated heterocycles. The Morgan fingerprint density at radius 2 is 2.12 bits per heavy atom. The summed E-state index contributed by atoms with van der Waals surface area (Å²) in [7, 11) is 0. The van der Waals surface area contributed by atoms with Crippen molar-refractivity contribution in [2.24, 2.45) is 0 Å². The lowest BCUT2D eigenvalue weighted by molar-refractivity contribution is -0.384. The second kappa shape index (κ2) is 3.53. The van der Waals surface area contributed by atoms with Crippen molar-refractivity contribution in [1.29, 1.82) is 0 Å². The van der Waals surface area contributed by atoms with Gasteiger partial charge < -0.3 is 9.84 Å². The summed E-state index contributed by atoms with van der Waals surface area (Å²) in [4.78, 5) is 21.9. The molecule has 1 N–H and O–H groups in total. The summed E-state index contributed by atoms with van der Waals surface area (Å²) in [5.41, 5.74) is -1.35. The lowest BCUT2D eigenvalue weighted by Crippen LogP contribution is -2.43. The molecule has 0 saturated carbocycles. The Hall–Kier alpha value is -1.95. The molecule has 0 aromatic heterocycles. The molecule has 0 bridgehead atoms. The number of hydrogen-bond donors (Lipinski definition) is 1. The van der Waals surface area contributed by atoms with Crippen LogP contribution in [0.2, 0.25) is 0 Å². The number of benzene rings is 1. The first-order valence-corrected chi connectivity index (χ1v) is 5.02. The van der Waals surface area contributed by atoms with Gasteiger partial charge in [0.15, 0.2) is 6.10 Å². The molecule has 6 nitrogen and oxygen atoms in total. The molecule has 1 aromatic carbocycles. The Balaban J connectivity index is 2.43. The molecule has 90 valence electrons. The quantitative estimate of drug-likeness (QED) is 0.618. The van der Waals surface area contributed by atoms with E-state index in [2.05, 4.69) is 0 Å². The molecule has 0 amide bonds. The van der Waals surface area contributed by atoms with E-state index in [1.165, 1.54) is 32.0 Å². The zero-order valence-electron chi connectivity index (χ0n) is 9.34. The van der Waals surface area contributed by atoms with Gasteiger partial charge in [0.05, 0.1) is 10.5 Å². The third-order valence-electron chi connectivity index (χ3n) is 2.56. The zero-order chi connectivity index (χ0) is 12.8. The SMILES string of the molecule is CC(C)(O)C1Oc2ccc([N+](=O)[O-])cc2C1=O. The number of non-ortho nitro benzene ring substituents is 1. The second-order valence-electron chi connectivity index (χ2n) is 4.45. The number of carbonyl (C=O) groups is 1. The normalized spacial score (nSPS) is 18.8. The summed E-state index contributed by atoms with van der Waals surface area (Å²) in [5.74, 6) is -0.163. The molecule has 0 spiro atoms. The van der Waals surface area contributed by atoms with Gasteiger partial charge in [0, 0.05) is 12.1 Å². The fourth-order valence-corrected chi connectivity index (χ4v) is 1.71. The average Bonchev–Trinajstić information content (AvgIpc) is 2.55. The van der Waals surface area contributed by atoms with Gasteiger partial charge in [-0.25, -0.2) is 0 Å². The smallest absolute Gasteiger partial charge is 0.270 e. The maximum atomic E-state index is 11.9. The monoisotopic (exact) mass is 237 g/mol. The number of ketones is 1. The summed E-state index contributed by atoms with van der Waals surface area (Å²) >= 11 is 0. The maximum Gasteiger partial charge on any atom is 0.270 e. The van der Waals surface area contributed by atoms with E-state index in [9.17, 15) is 20.0 Å². The van der Waals surface area contributed by atoms with E-state index < -0.39 is 22.4 Å². The fourth-order valence-electron chi connectivity index (χ4n) is 1.71. The molecular formula is C11H11NO5. The Labute approximate surface area is 97.0 Å². The van der Waals surface area contributed by atoms with E-state index in [0.717, 1.165) is 0 Å². The predicted molar refractivity (Wildman–Crippen MR) is 58.1 cm³/mol. The van der Waals surface area contributed by atoms with Crippen molar-refractivity contribution in [3.8, 4) is 5.75 Å². The van der Waals surface area contributed by atoms with Gasteiger partial charge >= 0.3 is 0 Å². The third kappa shape index (κ3) is 1.87. The van der Waals surface area contributed by atoms with Crippen molar-refractivity contribution >= 4 is 11.5 Å². The first-order chi connectivity index (χ1) is 7.80. The minimum atomic E-state index is -1.33. The first kappa shape index (κ1) is 11.5. The lowest BCUT2D eigenvalue weighted by atomic mass is 9.96. The maximum absolute atomic E-state index is 11.9. The number of fused-ring (bicyclic) bond motifs is 1. The molecule has 0 radical (unpaired) electrons. The second-order valence-corrected chi connectivity index (χ2v) is 4.45. The van der Waals surface area contributed by atoms with Crippen LogP contribution in [0.4, 0.5) is 5.69 Å². The number of nitrogens with zero attached hydrogens (tertiary/aromatic N) is 1. The Kier molecular flexibility index (Phi) is 2.39. The summed E-state index contributed by atoms with van der Waals surface area (Å²) in [5, 5.41) is 20.3. The van der Waals surface area contributed by atoms with Gasteiger partial charge in [-0.3, -0.25) is 14.9 Å². The van der Waals surface area contributed by atoms with E-state index >= 15 is 0 Å². The molecule has 0 aliphatic carbocycles. The van der Waals surface area contributed by atoms with Crippen LogP contribution in [-0.2, 0) is 0 Å². The third-order valence-corrected chi connectivity index (χ3v) is 2.56. The summed E-state index contributed by atoms with van der Waals surface area (Å²) < 4.78 is 5.30. The number of rotatable bonds is 2. The van der Waals surface area contributed by atoms with Crippen LogP contribution in [0.3, 0.4) is 0 Å². The molecule has 1 aromatic rings. The molecule has 17 heavy (non-hydrogen) atoms. The first-order valence-electron chi connectivity index (χ1n) is 5.02. The number of carbonyl (C=O) groups excluding carboxylic acids is 1. The number of aliphatic hydroxyl groups is 1. The largest absolute Gasteiger partial charge is 0.478 e. The number of ether oxygens (including phenoxy) is 1. The highest BCUT2D eigenvalue weighted by Crippen LogP contribution is 2.35. The molecule has 6 heteroatoms. The predicted octanol–water partition coefficient (Wildman–Crippen LogP) is 1.31. The van der Waals surface area contributed by atoms with Gasteiger partial charge in [-0.05, 0) is 19.9 Å². The van der Waals surface area contributed by atoms with Crippen molar-refractivity contribution < 1.29 is 19.6 Å². The van der Waals surface area contributed by atoms with Crippen molar-refractivity contribution in [2.45, 2.75) is 25.6 Å². The van der Waals surface area contributed by atoms with Crippen LogP contribution >= 0.6 is 0 Å². The standard InChI is InChI=1S/C11H11NO5/c1-11(2,14)10-9(13)7-5-6(12(15)16)3-4-8(7)17-10/h3-5,10,14H,1-2H3. The van der Waals surface area contributed by atoms with Crippen LogP contribution < -0.4 is 4.74 Å². The Morgan fingerprint density at radius 1 is 1.47 bits per heavy atom. The van der Waals surface area contributed by atoms with Crippen molar-refractivity contribution in [3.63, 3.8) is 0 Å². The number of nitro benzene ring substituents is 1. The number of Topliss-reactive ketones (excluding diaryl/α,β-unsaturated/α-hetero) is 1. The molecule has 1 heterocycles. The summed E-state index contributed by atoms with van der Waals surface area (Å²) in [6, 6.07) is 3.80. The molecule has 1 aliphatic rings. The van der Waals surface area contributed by atoms with Gasteiger partial charge in [-0.15, -0.1) is 0 Å². The number of hydrogen-bond acceptors (Lipinski definition) is 5. The fraction of sp³-hybridized carbons (Fsp3) is 0.364. The molecule has 1 aliphatic heterocycles. The van der Waals surface area contributed by atoms with E-state index in [0.29, 0.717) is 0 Å². The topological polar surface area (TPSA) is 89.7 Å². The Bertz CT molecular complexity index is 503. The van der Waals surface area contributed by atoms with E-state index in [-0.39, 0.29) is 17.0 Å². The van der Waals surface area contributed by atoms with Crippen LogP contribution in [0.1, 0.15) is 24.2 Å².